The third-order valence-electron chi connectivity index (χ3n) is 2.79. The Morgan fingerprint density at radius 2 is 2.05 bits per heavy atom. The van der Waals surface area contributed by atoms with Crippen LogP contribution in [-0.2, 0) is 0 Å². The quantitative estimate of drug-likeness (QED) is 0.923. The number of nitrogens with two attached hydrogens (primary N) is 1. The molecule has 1 unspecified atom stereocenters. The number of hydrogen-bond acceptors (Lipinski definition) is 2. The van der Waals surface area contributed by atoms with Crippen molar-refractivity contribution in [1.29, 1.82) is 0 Å². The van der Waals surface area contributed by atoms with E-state index in [1.165, 1.54) is 12.1 Å². The van der Waals surface area contributed by atoms with Gasteiger partial charge in [-0.05, 0) is 58.2 Å². The fourth-order valence-electron chi connectivity index (χ4n) is 1.81. The highest BCUT2D eigenvalue weighted by atomic mass is 79.9. The average Bonchev–Trinajstić information content (AvgIpc) is 2.38. The topological polar surface area (TPSA) is 35.2 Å². The van der Waals surface area contributed by atoms with E-state index < -0.39 is 0 Å². The molecule has 19 heavy (non-hydrogen) atoms. The standard InChI is InChI=1S/C15H15BrFNO/c1-10-5-6-14(13(16)7-10)19-15(9-18)11-3-2-4-12(17)8-11/h2-8,15H,9,18H2,1H3. The van der Waals surface area contributed by atoms with E-state index in [-0.39, 0.29) is 18.5 Å². The van der Waals surface area contributed by atoms with Crippen LogP contribution in [-0.4, -0.2) is 6.54 Å². The summed E-state index contributed by atoms with van der Waals surface area (Å²) < 4.78 is 19.9. The normalized spacial score (nSPS) is 12.2. The Kier molecular flexibility index (Phi) is 4.56. The summed E-state index contributed by atoms with van der Waals surface area (Å²) in [6, 6.07) is 12.1. The maximum absolute atomic E-state index is 13.2. The van der Waals surface area contributed by atoms with Gasteiger partial charge in [-0.15, -0.1) is 0 Å². The lowest BCUT2D eigenvalue weighted by Crippen LogP contribution is -2.18. The van der Waals surface area contributed by atoms with Crippen molar-refractivity contribution in [1.82, 2.24) is 0 Å². The molecule has 2 N–H and O–H groups in total. The minimum atomic E-state index is -0.366. The molecular formula is C15H15BrFNO. The summed E-state index contributed by atoms with van der Waals surface area (Å²) in [4.78, 5) is 0. The molecule has 0 spiro atoms. The lowest BCUT2D eigenvalue weighted by atomic mass is 10.1. The van der Waals surface area contributed by atoms with Gasteiger partial charge in [0.15, 0.2) is 0 Å². The van der Waals surface area contributed by atoms with Crippen molar-refractivity contribution >= 4 is 15.9 Å². The van der Waals surface area contributed by atoms with Gasteiger partial charge in [-0.3, -0.25) is 0 Å². The van der Waals surface area contributed by atoms with Crippen molar-refractivity contribution in [3.05, 3.63) is 63.9 Å². The second-order valence-electron chi connectivity index (χ2n) is 4.33. The van der Waals surface area contributed by atoms with Crippen LogP contribution in [0, 0.1) is 12.7 Å². The van der Waals surface area contributed by atoms with Crippen molar-refractivity contribution < 1.29 is 9.13 Å². The summed E-state index contributed by atoms with van der Waals surface area (Å²) in [6.07, 6.45) is -0.366. The van der Waals surface area contributed by atoms with E-state index in [2.05, 4.69) is 15.9 Å². The molecule has 1 atom stereocenters. The SMILES string of the molecule is Cc1ccc(OC(CN)c2cccc(F)c2)c(Br)c1. The van der Waals surface area contributed by atoms with Crippen LogP contribution < -0.4 is 10.5 Å². The minimum Gasteiger partial charge on any atom is -0.483 e. The van der Waals surface area contributed by atoms with E-state index >= 15 is 0 Å². The van der Waals surface area contributed by atoms with Crippen molar-refractivity contribution in [3.63, 3.8) is 0 Å². The van der Waals surface area contributed by atoms with E-state index in [4.69, 9.17) is 10.5 Å². The number of aryl methyl sites for hydroxylation is 1. The number of benzene rings is 2. The van der Waals surface area contributed by atoms with E-state index in [0.29, 0.717) is 5.75 Å². The molecule has 4 heteroatoms. The molecule has 2 aromatic rings. The Morgan fingerprint density at radius 1 is 1.26 bits per heavy atom. The summed E-state index contributed by atoms with van der Waals surface area (Å²) in [6.45, 7) is 2.28. The fourth-order valence-corrected chi connectivity index (χ4v) is 2.40. The van der Waals surface area contributed by atoms with Crippen LogP contribution in [0.3, 0.4) is 0 Å². The molecule has 0 saturated carbocycles. The Hall–Kier alpha value is -1.39. The Morgan fingerprint density at radius 3 is 2.68 bits per heavy atom. The van der Waals surface area contributed by atoms with Crippen LogP contribution in [0.4, 0.5) is 4.39 Å². The Balaban J connectivity index is 2.24. The summed E-state index contributed by atoms with van der Waals surface area (Å²) in [5.41, 5.74) is 7.58. The van der Waals surface area contributed by atoms with Crippen molar-refractivity contribution in [2.24, 2.45) is 5.73 Å². The maximum Gasteiger partial charge on any atom is 0.136 e. The van der Waals surface area contributed by atoms with E-state index in [0.717, 1.165) is 15.6 Å². The molecule has 0 heterocycles. The van der Waals surface area contributed by atoms with Gasteiger partial charge in [-0.25, -0.2) is 4.39 Å². The highest BCUT2D eigenvalue weighted by Crippen LogP contribution is 2.30. The molecule has 0 aliphatic rings. The van der Waals surface area contributed by atoms with Gasteiger partial charge in [0.2, 0.25) is 0 Å². The number of rotatable bonds is 4. The molecule has 0 fully saturated rings. The lowest BCUT2D eigenvalue weighted by molar-refractivity contribution is 0.212. The zero-order valence-electron chi connectivity index (χ0n) is 10.6. The Labute approximate surface area is 120 Å². The van der Waals surface area contributed by atoms with Gasteiger partial charge in [-0.2, -0.15) is 0 Å². The number of ether oxygens (including phenoxy) is 1. The summed E-state index contributed by atoms with van der Waals surface area (Å²) in [7, 11) is 0. The van der Waals surface area contributed by atoms with Crippen LogP contribution >= 0.6 is 15.9 Å². The van der Waals surface area contributed by atoms with Crippen LogP contribution in [0.15, 0.2) is 46.9 Å². The van der Waals surface area contributed by atoms with Crippen molar-refractivity contribution in [3.8, 4) is 5.75 Å². The van der Waals surface area contributed by atoms with E-state index in [9.17, 15) is 4.39 Å². The molecule has 0 amide bonds. The van der Waals surface area contributed by atoms with Gasteiger partial charge in [0.1, 0.15) is 17.7 Å². The molecule has 2 nitrogen and oxygen atoms in total. The van der Waals surface area contributed by atoms with Gasteiger partial charge in [0.25, 0.3) is 0 Å². The zero-order chi connectivity index (χ0) is 13.8. The van der Waals surface area contributed by atoms with E-state index in [1.54, 1.807) is 6.07 Å². The lowest BCUT2D eigenvalue weighted by Gasteiger charge is -2.19. The first kappa shape index (κ1) is 14.0. The zero-order valence-corrected chi connectivity index (χ0v) is 12.2. The molecule has 0 radical (unpaired) electrons. The van der Waals surface area contributed by atoms with Gasteiger partial charge in [-0.1, -0.05) is 18.2 Å². The van der Waals surface area contributed by atoms with Gasteiger partial charge < -0.3 is 10.5 Å². The summed E-state index contributed by atoms with van der Waals surface area (Å²) in [5.74, 6) is 0.410. The van der Waals surface area contributed by atoms with Crippen LogP contribution in [0.5, 0.6) is 5.75 Å². The molecule has 0 bridgehead atoms. The minimum absolute atomic E-state index is 0.282. The highest BCUT2D eigenvalue weighted by Gasteiger charge is 2.13. The first-order valence-electron chi connectivity index (χ1n) is 5.98. The third-order valence-corrected chi connectivity index (χ3v) is 3.41. The van der Waals surface area contributed by atoms with Gasteiger partial charge in [0, 0.05) is 6.54 Å². The first-order chi connectivity index (χ1) is 9.10. The number of halogens is 2. The number of hydrogen-bond donors (Lipinski definition) is 1. The molecular weight excluding hydrogens is 309 g/mol. The third kappa shape index (κ3) is 3.55. The largest absolute Gasteiger partial charge is 0.483 e. The van der Waals surface area contributed by atoms with Crippen LogP contribution in [0.25, 0.3) is 0 Å². The van der Waals surface area contributed by atoms with Crippen LogP contribution in [0.1, 0.15) is 17.2 Å². The van der Waals surface area contributed by atoms with Gasteiger partial charge >= 0.3 is 0 Å². The molecule has 0 aromatic heterocycles. The monoisotopic (exact) mass is 323 g/mol. The molecule has 2 rings (SSSR count). The average molecular weight is 324 g/mol. The summed E-state index contributed by atoms with van der Waals surface area (Å²) >= 11 is 3.45. The van der Waals surface area contributed by atoms with Crippen LogP contribution in [0.2, 0.25) is 0 Å². The maximum atomic E-state index is 13.2. The Bertz CT molecular complexity index is 574. The second kappa shape index (κ2) is 6.17. The van der Waals surface area contributed by atoms with Crippen molar-refractivity contribution in [2.45, 2.75) is 13.0 Å². The molecule has 0 aliphatic heterocycles. The fraction of sp³-hybridized carbons (Fsp3) is 0.200. The molecule has 100 valence electrons. The van der Waals surface area contributed by atoms with Gasteiger partial charge in [0.05, 0.1) is 4.47 Å². The second-order valence-corrected chi connectivity index (χ2v) is 5.19. The molecule has 2 aromatic carbocycles. The first-order valence-corrected chi connectivity index (χ1v) is 6.78. The summed E-state index contributed by atoms with van der Waals surface area (Å²) in [5, 5.41) is 0. The van der Waals surface area contributed by atoms with Crippen molar-refractivity contribution in [2.75, 3.05) is 6.54 Å². The molecule has 0 saturated heterocycles. The predicted octanol–water partition coefficient (Wildman–Crippen LogP) is 3.98. The highest BCUT2D eigenvalue weighted by molar-refractivity contribution is 9.10. The smallest absolute Gasteiger partial charge is 0.136 e. The predicted molar refractivity (Wildman–Crippen MR) is 77.7 cm³/mol. The van der Waals surface area contributed by atoms with E-state index in [1.807, 2.05) is 31.2 Å². The molecule has 0 aliphatic carbocycles.